The molecular formula is C16H24N2O3. The number of carbonyl (C=O) groups excluding carboxylic acids is 1. The summed E-state index contributed by atoms with van der Waals surface area (Å²) in [6, 6.07) is 7.41. The lowest BCUT2D eigenvalue weighted by Gasteiger charge is -2.28. The van der Waals surface area contributed by atoms with E-state index in [1.165, 1.54) is 0 Å². The highest BCUT2D eigenvalue weighted by Gasteiger charge is 2.21. The van der Waals surface area contributed by atoms with Crippen molar-refractivity contribution in [2.24, 2.45) is 5.92 Å². The van der Waals surface area contributed by atoms with Crippen molar-refractivity contribution < 1.29 is 14.3 Å². The second-order valence-electron chi connectivity index (χ2n) is 5.48. The number of anilines is 1. The number of hydrogen-bond donors (Lipinski definition) is 2. The van der Waals surface area contributed by atoms with Crippen LogP contribution in [0, 0.1) is 5.92 Å². The van der Waals surface area contributed by atoms with Crippen molar-refractivity contribution >= 4 is 11.6 Å². The van der Waals surface area contributed by atoms with Gasteiger partial charge in [0.25, 0.3) is 0 Å². The fourth-order valence-corrected chi connectivity index (χ4v) is 2.53. The third-order valence-corrected chi connectivity index (χ3v) is 3.82. The smallest absolute Gasteiger partial charge is 0.223 e. The molecule has 1 atom stereocenters. The van der Waals surface area contributed by atoms with E-state index in [2.05, 4.69) is 12.2 Å². The Morgan fingerprint density at radius 1 is 1.48 bits per heavy atom. The zero-order chi connectivity index (χ0) is 15.1. The fraction of sp³-hybridized carbons (Fsp3) is 0.562. The Labute approximate surface area is 125 Å². The first-order chi connectivity index (χ1) is 10.1. The van der Waals surface area contributed by atoms with Crippen LogP contribution >= 0.6 is 0 Å². The molecule has 1 aromatic carbocycles. The molecule has 5 heteroatoms. The standard InChI is InChI=1S/C16H24N2O3/c1-12(13-5-8-20-9-6-13)18-16(19)7-10-21-15-4-2-3-14(17)11-15/h2-4,11-13H,5-10,17H2,1H3,(H,18,19). The predicted molar refractivity (Wildman–Crippen MR) is 82.1 cm³/mol. The topological polar surface area (TPSA) is 73.6 Å². The van der Waals surface area contributed by atoms with Gasteiger partial charge in [-0.3, -0.25) is 4.79 Å². The van der Waals surface area contributed by atoms with E-state index in [1.807, 2.05) is 12.1 Å². The van der Waals surface area contributed by atoms with Crippen LogP contribution in [0.4, 0.5) is 5.69 Å². The van der Waals surface area contributed by atoms with Crippen molar-refractivity contribution in [3.05, 3.63) is 24.3 Å². The Morgan fingerprint density at radius 2 is 2.24 bits per heavy atom. The molecule has 0 aromatic heterocycles. The van der Waals surface area contributed by atoms with Crippen LogP contribution in [-0.2, 0) is 9.53 Å². The predicted octanol–water partition coefficient (Wildman–Crippen LogP) is 1.97. The summed E-state index contributed by atoms with van der Waals surface area (Å²) in [5, 5.41) is 3.05. The van der Waals surface area contributed by atoms with Crippen molar-refractivity contribution in [1.29, 1.82) is 0 Å². The molecule has 0 saturated carbocycles. The Hall–Kier alpha value is -1.75. The van der Waals surface area contributed by atoms with E-state index in [4.69, 9.17) is 15.2 Å². The van der Waals surface area contributed by atoms with Gasteiger partial charge in [-0.25, -0.2) is 0 Å². The highest BCUT2D eigenvalue weighted by Crippen LogP contribution is 2.18. The Bertz CT molecular complexity index is 459. The number of hydrogen-bond acceptors (Lipinski definition) is 4. The minimum atomic E-state index is 0.0258. The molecular weight excluding hydrogens is 268 g/mol. The molecule has 1 fully saturated rings. The highest BCUT2D eigenvalue weighted by atomic mass is 16.5. The third-order valence-electron chi connectivity index (χ3n) is 3.82. The van der Waals surface area contributed by atoms with Gasteiger partial charge < -0.3 is 20.5 Å². The minimum Gasteiger partial charge on any atom is -0.493 e. The number of rotatable bonds is 6. The fourth-order valence-electron chi connectivity index (χ4n) is 2.53. The Morgan fingerprint density at radius 3 is 2.95 bits per heavy atom. The van der Waals surface area contributed by atoms with Crippen LogP contribution in [0.5, 0.6) is 5.75 Å². The lowest BCUT2D eigenvalue weighted by molar-refractivity contribution is -0.122. The largest absolute Gasteiger partial charge is 0.493 e. The summed E-state index contributed by atoms with van der Waals surface area (Å²) in [6.07, 6.45) is 2.38. The van der Waals surface area contributed by atoms with E-state index < -0.39 is 0 Å². The normalized spacial score (nSPS) is 17.2. The highest BCUT2D eigenvalue weighted by molar-refractivity contribution is 5.76. The molecule has 1 saturated heterocycles. The summed E-state index contributed by atoms with van der Waals surface area (Å²) in [5.74, 6) is 1.23. The van der Waals surface area contributed by atoms with E-state index in [1.54, 1.807) is 12.1 Å². The molecule has 1 heterocycles. The van der Waals surface area contributed by atoms with Gasteiger partial charge in [0.05, 0.1) is 13.0 Å². The van der Waals surface area contributed by atoms with Gasteiger partial charge in [0.15, 0.2) is 0 Å². The summed E-state index contributed by atoms with van der Waals surface area (Å²) in [6.45, 7) is 4.01. The molecule has 1 unspecified atom stereocenters. The zero-order valence-corrected chi connectivity index (χ0v) is 12.5. The van der Waals surface area contributed by atoms with Crippen molar-refractivity contribution in [1.82, 2.24) is 5.32 Å². The Kier molecular flexibility index (Phi) is 5.87. The Balaban J connectivity index is 1.67. The van der Waals surface area contributed by atoms with Gasteiger partial charge in [-0.2, -0.15) is 0 Å². The van der Waals surface area contributed by atoms with Crippen LogP contribution < -0.4 is 15.8 Å². The van der Waals surface area contributed by atoms with E-state index in [0.29, 0.717) is 30.4 Å². The molecule has 0 bridgehead atoms. The lowest BCUT2D eigenvalue weighted by atomic mass is 9.93. The SMILES string of the molecule is CC(NC(=O)CCOc1cccc(N)c1)C1CCOCC1. The molecule has 5 nitrogen and oxygen atoms in total. The second kappa shape index (κ2) is 7.88. The van der Waals surface area contributed by atoms with Gasteiger partial charge in [-0.1, -0.05) is 6.07 Å². The van der Waals surface area contributed by atoms with Gasteiger partial charge in [-0.05, 0) is 37.8 Å². The van der Waals surface area contributed by atoms with Crippen LogP contribution in [0.3, 0.4) is 0 Å². The van der Waals surface area contributed by atoms with Gasteiger partial charge in [-0.15, -0.1) is 0 Å². The average molecular weight is 292 g/mol. The number of benzene rings is 1. The summed E-state index contributed by atoms with van der Waals surface area (Å²) < 4.78 is 10.9. The van der Waals surface area contributed by atoms with Crippen molar-refractivity contribution in [3.63, 3.8) is 0 Å². The van der Waals surface area contributed by atoms with E-state index in [0.717, 1.165) is 26.1 Å². The summed E-state index contributed by atoms with van der Waals surface area (Å²) in [5.41, 5.74) is 6.33. The monoisotopic (exact) mass is 292 g/mol. The van der Waals surface area contributed by atoms with Crippen LogP contribution in [0.15, 0.2) is 24.3 Å². The van der Waals surface area contributed by atoms with E-state index in [9.17, 15) is 4.79 Å². The number of carbonyl (C=O) groups is 1. The molecule has 0 radical (unpaired) electrons. The average Bonchev–Trinajstić information content (AvgIpc) is 2.48. The van der Waals surface area contributed by atoms with Gasteiger partial charge >= 0.3 is 0 Å². The van der Waals surface area contributed by atoms with Crippen LogP contribution in [0.1, 0.15) is 26.2 Å². The molecule has 0 aliphatic carbocycles. The number of nitrogens with one attached hydrogen (secondary N) is 1. The maximum absolute atomic E-state index is 11.9. The van der Waals surface area contributed by atoms with Crippen LogP contribution in [0.2, 0.25) is 0 Å². The molecule has 21 heavy (non-hydrogen) atoms. The van der Waals surface area contributed by atoms with Crippen molar-refractivity contribution in [2.75, 3.05) is 25.6 Å². The maximum Gasteiger partial charge on any atom is 0.223 e. The quantitative estimate of drug-likeness (QED) is 0.786. The number of ether oxygens (including phenoxy) is 2. The maximum atomic E-state index is 11.9. The zero-order valence-electron chi connectivity index (χ0n) is 12.5. The number of nitrogens with two attached hydrogens (primary N) is 1. The molecule has 116 valence electrons. The number of amides is 1. The first-order valence-electron chi connectivity index (χ1n) is 7.50. The third kappa shape index (κ3) is 5.27. The molecule has 2 rings (SSSR count). The molecule has 3 N–H and O–H groups in total. The molecule has 0 spiro atoms. The second-order valence-corrected chi connectivity index (χ2v) is 5.48. The van der Waals surface area contributed by atoms with Crippen LogP contribution in [-0.4, -0.2) is 31.8 Å². The van der Waals surface area contributed by atoms with Gasteiger partial charge in [0.1, 0.15) is 5.75 Å². The lowest BCUT2D eigenvalue weighted by Crippen LogP contribution is -2.40. The van der Waals surface area contributed by atoms with E-state index >= 15 is 0 Å². The minimum absolute atomic E-state index is 0.0258. The summed E-state index contributed by atoms with van der Waals surface area (Å²) in [4.78, 5) is 11.9. The molecule has 1 aliphatic heterocycles. The first-order valence-corrected chi connectivity index (χ1v) is 7.50. The summed E-state index contributed by atoms with van der Waals surface area (Å²) >= 11 is 0. The van der Waals surface area contributed by atoms with Gasteiger partial charge in [0, 0.05) is 31.0 Å². The number of nitrogen functional groups attached to an aromatic ring is 1. The van der Waals surface area contributed by atoms with Crippen LogP contribution in [0.25, 0.3) is 0 Å². The molecule has 1 aliphatic rings. The molecule has 1 aromatic rings. The van der Waals surface area contributed by atoms with Crippen molar-refractivity contribution in [3.8, 4) is 5.75 Å². The first kappa shape index (κ1) is 15.6. The van der Waals surface area contributed by atoms with E-state index in [-0.39, 0.29) is 11.9 Å². The van der Waals surface area contributed by atoms with Crippen molar-refractivity contribution in [2.45, 2.75) is 32.2 Å². The molecule has 1 amide bonds. The van der Waals surface area contributed by atoms with Gasteiger partial charge in [0.2, 0.25) is 5.91 Å². The summed E-state index contributed by atoms with van der Waals surface area (Å²) in [7, 11) is 0.